The number of hydrogen-bond acceptors (Lipinski definition) is 6. The highest BCUT2D eigenvalue weighted by atomic mass is 35.5. The Balaban J connectivity index is 2.99. The monoisotopic (exact) mass is 334 g/mol. The topological polar surface area (TPSA) is 85.8 Å². The summed E-state index contributed by atoms with van der Waals surface area (Å²) in [5.41, 5.74) is 0.0807. The molecule has 0 aliphatic carbocycles. The Labute approximate surface area is 130 Å². The number of methoxy groups -OCH3 is 2. The van der Waals surface area contributed by atoms with Gasteiger partial charge in [-0.25, -0.2) is 4.98 Å². The Morgan fingerprint density at radius 3 is 2.10 bits per heavy atom. The third kappa shape index (κ3) is 4.87. The molecule has 0 aliphatic rings. The van der Waals surface area contributed by atoms with Gasteiger partial charge in [-0.1, -0.05) is 23.2 Å². The summed E-state index contributed by atoms with van der Waals surface area (Å²) in [5, 5.41) is 0.124. The average molecular weight is 335 g/mol. The van der Waals surface area contributed by atoms with Gasteiger partial charge in [0.05, 0.1) is 24.8 Å². The number of ether oxygens (including phenoxy) is 2. The van der Waals surface area contributed by atoms with Crippen molar-refractivity contribution in [1.82, 2.24) is 9.88 Å². The minimum atomic E-state index is -0.680. The number of pyridine rings is 1. The Kier molecular flexibility index (Phi) is 6.39. The second-order valence-corrected chi connectivity index (χ2v) is 4.58. The van der Waals surface area contributed by atoms with Crippen molar-refractivity contribution in [1.29, 1.82) is 0 Å². The average Bonchev–Trinajstić information content (AvgIpc) is 2.48. The number of carbonyl (C=O) groups is 3. The van der Waals surface area contributed by atoms with Crippen molar-refractivity contribution in [3.63, 3.8) is 0 Å². The summed E-state index contributed by atoms with van der Waals surface area (Å²) in [5.74, 6) is -1.99. The van der Waals surface area contributed by atoms with E-state index in [2.05, 4.69) is 14.5 Å². The van der Waals surface area contributed by atoms with Crippen molar-refractivity contribution in [3.8, 4) is 0 Å². The van der Waals surface area contributed by atoms with Crippen LogP contribution < -0.4 is 0 Å². The molecule has 1 heterocycles. The summed E-state index contributed by atoms with van der Waals surface area (Å²) in [6, 6.07) is 1.29. The number of amides is 1. The molecule has 1 amide bonds. The molecule has 0 fully saturated rings. The first-order chi connectivity index (χ1) is 9.88. The van der Waals surface area contributed by atoms with Crippen LogP contribution in [0, 0.1) is 0 Å². The fraction of sp³-hybridized carbons (Fsp3) is 0.333. The molecule has 9 heteroatoms. The van der Waals surface area contributed by atoms with E-state index in [0.29, 0.717) is 0 Å². The van der Waals surface area contributed by atoms with Crippen molar-refractivity contribution in [2.75, 3.05) is 27.3 Å². The Morgan fingerprint density at radius 2 is 1.67 bits per heavy atom. The second-order valence-electron chi connectivity index (χ2n) is 3.81. The summed E-state index contributed by atoms with van der Waals surface area (Å²) in [7, 11) is 2.34. The number of hydrogen-bond donors (Lipinski definition) is 0. The molecular weight excluding hydrogens is 323 g/mol. The van der Waals surface area contributed by atoms with Crippen LogP contribution in [0.3, 0.4) is 0 Å². The lowest BCUT2D eigenvalue weighted by Crippen LogP contribution is -2.40. The lowest BCUT2D eigenvalue weighted by molar-refractivity contribution is -0.144. The standard InChI is InChI=1S/C12H12Cl2N2O5/c1-20-9(17)5-16(6-10(18)21-2)12(19)7-3-8(13)11(14)15-4-7/h3-4H,5-6H2,1-2H3. The van der Waals surface area contributed by atoms with E-state index in [-0.39, 0.29) is 15.7 Å². The van der Waals surface area contributed by atoms with Crippen molar-refractivity contribution in [3.05, 3.63) is 28.0 Å². The largest absolute Gasteiger partial charge is 0.468 e. The molecule has 1 rings (SSSR count). The van der Waals surface area contributed by atoms with Gasteiger partial charge in [0.2, 0.25) is 0 Å². The van der Waals surface area contributed by atoms with Crippen LogP contribution in [0.2, 0.25) is 10.2 Å². The van der Waals surface area contributed by atoms with Crippen molar-refractivity contribution in [2.45, 2.75) is 0 Å². The third-order valence-electron chi connectivity index (χ3n) is 2.43. The van der Waals surface area contributed by atoms with E-state index in [0.717, 1.165) is 4.90 Å². The maximum Gasteiger partial charge on any atom is 0.325 e. The number of aromatic nitrogens is 1. The molecular formula is C12H12Cl2N2O5. The molecule has 114 valence electrons. The molecule has 7 nitrogen and oxygen atoms in total. The molecule has 0 unspecified atom stereocenters. The molecule has 1 aromatic heterocycles. The Hall–Kier alpha value is -1.86. The SMILES string of the molecule is COC(=O)CN(CC(=O)OC)C(=O)c1cnc(Cl)c(Cl)c1. The molecule has 0 saturated heterocycles. The molecule has 0 N–H and O–H groups in total. The second kappa shape index (κ2) is 7.80. The van der Waals surface area contributed by atoms with E-state index in [1.165, 1.54) is 26.5 Å². The normalized spacial score (nSPS) is 9.90. The molecule has 0 bridgehead atoms. The van der Waals surface area contributed by atoms with Crippen molar-refractivity contribution < 1.29 is 23.9 Å². The van der Waals surface area contributed by atoms with Gasteiger partial charge in [-0.2, -0.15) is 0 Å². The minimum absolute atomic E-state index is 0.0423. The summed E-state index contributed by atoms with van der Waals surface area (Å²) in [6.07, 6.45) is 1.19. The highest BCUT2D eigenvalue weighted by molar-refractivity contribution is 6.41. The number of rotatable bonds is 5. The Bertz CT molecular complexity index is 547. The van der Waals surface area contributed by atoms with Gasteiger partial charge in [0, 0.05) is 6.20 Å². The van der Waals surface area contributed by atoms with E-state index in [9.17, 15) is 14.4 Å². The highest BCUT2D eigenvalue weighted by Crippen LogP contribution is 2.20. The lowest BCUT2D eigenvalue weighted by Gasteiger charge is -2.20. The first kappa shape index (κ1) is 17.2. The van der Waals surface area contributed by atoms with Gasteiger partial charge in [-0.3, -0.25) is 14.4 Å². The molecule has 0 aliphatic heterocycles. The van der Waals surface area contributed by atoms with Crippen LogP contribution in [0.4, 0.5) is 0 Å². The smallest absolute Gasteiger partial charge is 0.325 e. The number of nitrogens with zero attached hydrogens (tertiary/aromatic N) is 2. The van der Waals surface area contributed by atoms with Crippen LogP contribution >= 0.6 is 23.2 Å². The molecule has 0 spiro atoms. The van der Waals surface area contributed by atoms with Crippen molar-refractivity contribution >= 4 is 41.0 Å². The van der Waals surface area contributed by atoms with Crippen LogP contribution in [0.1, 0.15) is 10.4 Å². The lowest BCUT2D eigenvalue weighted by atomic mass is 10.2. The molecule has 0 radical (unpaired) electrons. The van der Waals surface area contributed by atoms with Gasteiger partial charge in [0.25, 0.3) is 5.91 Å². The summed E-state index contributed by atoms with van der Waals surface area (Å²) >= 11 is 11.4. The van der Waals surface area contributed by atoms with Gasteiger partial charge in [-0.05, 0) is 6.07 Å². The van der Waals surface area contributed by atoms with Crippen LogP contribution in [-0.2, 0) is 19.1 Å². The third-order valence-corrected chi connectivity index (χ3v) is 3.11. The van der Waals surface area contributed by atoms with E-state index in [1.54, 1.807) is 0 Å². The van der Waals surface area contributed by atoms with Crippen LogP contribution in [0.15, 0.2) is 12.3 Å². The first-order valence-corrected chi connectivity index (χ1v) is 6.38. The number of halogens is 2. The predicted molar refractivity (Wildman–Crippen MR) is 74.2 cm³/mol. The fourth-order valence-electron chi connectivity index (χ4n) is 1.36. The molecule has 0 aromatic carbocycles. The highest BCUT2D eigenvalue weighted by Gasteiger charge is 2.23. The summed E-state index contributed by atoms with van der Waals surface area (Å²) in [4.78, 5) is 39.6. The minimum Gasteiger partial charge on any atom is -0.468 e. The van der Waals surface area contributed by atoms with Crippen LogP contribution in [0.25, 0.3) is 0 Å². The van der Waals surface area contributed by atoms with Crippen LogP contribution in [0.5, 0.6) is 0 Å². The van der Waals surface area contributed by atoms with Gasteiger partial charge in [0.1, 0.15) is 18.2 Å². The number of esters is 2. The van der Waals surface area contributed by atoms with Gasteiger partial charge in [-0.15, -0.1) is 0 Å². The molecule has 1 aromatic rings. The fourth-order valence-corrected chi connectivity index (χ4v) is 1.63. The van der Waals surface area contributed by atoms with E-state index < -0.39 is 30.9 Å². The van der Waals surface area contributed by atoms with E-state index in [1.807, 2.05) is 0 Å². The molecule has 0 atom stereocenters. The maximum atomic E-state index is 12.3. The van der Waals surface area contributed by atoms with E-state index in [4.69, 9.17) is 23.2 Å². The van der Waals surface area contributed by atoms with Gasteiger partial charge >= 0.3 is 11.9 Å². The summed E-state index contributed by atoms with van der Waals surface area (Å²) < 4.78 is 8.95. The number of carbonyl (C=O) groups excluding carboxylic acids is 3. The first-order valence-electron chi connectivity index (χ1n) is 5.63. The summed E-state index contributed by atoms with van der Waals surface area (Å²) in [6.45, 7) is -0.824. The van der Waals surface area contributed by atoms with Crippen LogP contribution in [-0.4, -0.2) is 55.0 Å². The maximum absolute atomic E-state index is 12.3. The zero-order valence-electron chi connectivity index (χ0n) is 11.3. The zero-order chi connectivity index (χ0) is 16.0. The quantitative estimate of drug-likeness (QED) is 0.593. The van der Waals surface area contributed by atoms with Gasteiger partial charge < -0.3 is 14.4 Å². The molecule has 0 saturated carbocycles. The van der Waals surface area contributed by atoms with E-state index >= 15 is 0 Å². The Morgan fingerprint density at radius 1 is 1.14 bits per heavy atom. The molecule has 21 heavy (non-hydrogen) atoms. The van der Waals surface area contributed by atoms with Crippen molar-refractivity contribution in [2.24, 2.45) is 0 Å². The van der Waals surface area contributed by atoms with Gasteiger partial charge in [0.15, 0.2) is 0 Å². The zero-order valence-corrected chi connectivity index (χ0v) is 12.8. The predicted octanol–water partition coefficient (Wildman–Crippen LogP) is 1.18.